The minimum atomic E-state index is 0.421. The van der Waals surface area contributed by atoms with E-state index in [2.05, 4.69) is 40.4 Å². The zero-order chi connectivity index (χ0) is 12.3. The van der Waals surface area contributed by atoms with Gasteiger partial charge in [-0.2, -0.15) is 5.10 Å². The molecule has 2 heterocycles. The van der Waals surface area contributed by atoms with E-state index in [1.807, 2.05) is 0 Å². The molecule has 4 nitrogen and oxygen atoms in total. The lowest BCUT2D eigenvalue weighted by Gasteiger charge is -2.26. The molecule has 17 heavy (non-hydrogen) atoms. The quantitative estimate of drug-likeness (QED) is 0.803. The van der Waals surface area contributed by atoms with Gasteiger partial charge in [-0.15, -0.1) is 0 Å². The third-order valence-corrected chi connectivity index (χ3v) is 3.47. The van der Waals surface area contributed by atoms with Gasteiger partial charge in [0.1, 0.15) is 5.82 Å². The molecule has 1 aromatic rings. The Bertz CT molecular complexity index is 350. The summed E-state index contributed by atoms with van der Waals surface area (Å²) in [5.74, 6) is 2.44. The van der Waals surface area contributed by atoms with Gasteiger partial charge < -0.3 is 4.90 Å². The number of likely N-dealkylation sites (tertiary alicyclic amines) is 1. The topological polar surface area (TPSA) is 34.0 Å². The van der Waals surface area contributed by atoms with E-state index in [0.717, 1.165) is 24.7 Å². The number of hydrogen-bond donors (Lipinski definition) is 0. The van der Waals surface area contributed by atoms with E-state index in [4.69, 9.17) is 0 Å². The number of nitrogens with zero attached hydrogens (tertiary/aromatic N) is 4. The van der Waals surface area contributed by atoms with E-state index >= 15 is 0 Å². The van der Waals surface area contributed by atoms with Crippen molar-refractivity contribution in [3.05, 3.63) is 11.6 Å². The van der Waals surface area contributed by atoms with Gasteiger partial charge in [-0.3, -0.25) is 0 Å². The summed E-state index contributed by atoms with van der Waals surface area (Å²) < 4.78 is 2.06. The first-order chi connectivity index (χ1) is 8.16. The molecule has 96 valence electrons. The Labute approximate surface area is 104 Å². The van der Waals surface area contributed by atoms with Crippen LogP contribution in [-0.4, -0.2) is 39.3 Å². The Morgan fingerprint density at radius 2 is 1.82 bits per heavy atom. The van der Waals surface area contributed by atoms with Crippen molar-refractivity contribution < 1.29 is 0 Å². The predicted molar refractivity (Wildman–Crippen MR) is 69.1 cm³/mol. The van der Waals surface area contributed by atoms with Crippen LogP contribution in [0.3, 0.4) is 0 Å². The van der Waals surface area contributed by atoms with Crippen LogP contribution in [0, 0.1) is 6.92 Å². The Balaban J connectivity index is 1.89. The summed E-state index contributed by atoms with van der Waals surface area (Å²) in [6.45, 7) is 10.9. The molecule has 0 atom stereocenters. The lowest BCUT2D eigenvalue weighted by Crippen LogP contribution is -2.32. The molecule has 0 spiro atoms. The third-order valence-electron chi connectivity index (χ3n) is 3.47. The van der Waals surface area contributed by atoms with E-state index in [0.29, 0.717) is 5.92 Å². The molecule has 1 fully saturated rings. The molecule has 2 rings (SSSR count). The number of rotatable bonds is 4. The Morgan fingerprint density at radius 3 is 2.41 bits per heavy atom. The fourth-order valence-electron chi connectivity index (χ4n) is 2.32. The molecule has 1 aliphatic rings. The van der Waals surface area contributed by atoms with Crippen LogP contribution < -0.4 is 0 Å². The van der Waals surface area contributed by atoms with Crippen LogP contribution in [0.2, 0.25) is 0 Å². The van der Waals surface area contributed by atoms with Crippen molar-refractivity contribution in [2.75, 3.05) is 19.6 Å². The van der Waals surface area contributed by atoms with Gasteiger partial charge in [-0.25, -0.2) is 9.67 Å². The van der Waals surface area contributed by atoms with Crippen molar-refractivity contribution in [2.24, 2.45) is 0 Å². The van der Waals surface area contributed by atoms with E-state index in [-0.39, 0.29) is 0 Å². The first kappa shape index (κ1) is 12.6. The summed E-state index contributed by atoms with van der Waals surface area (Å²) >= 11 is 0. The summed E-state index contributed by atoms with van der Waals surface area (Å²) in [7, 11) is 0. The molecule has 0 radical (unpaired) electrons. The Morgan fingerprint density at radius 1 is 1.12 bits per heavy atom. The minimum Gasteiger partial charge on any atom is -0.301 e. The molecular weight excluding hydrogens is 212 g/mol. The van der Waals surface area contributed by atoms with E-state index in [1.165, 1.54) is 32.4 Å². The lowest BCUT2D eigenvalue weighted by atomic mass is 10.1. The van der Waals surface area contributed by atoms with Gasteiger partial charge in [-0.05, 0) is 32.9 Å². The summed E-state index contributed by atoms with van der Waals surface area (Å²) in [4.78, 5) is 7.05. The maximum atomic E-state index is 4.57. The Hall–Kier alpha value is -0.900. The molecule has 0 aliphatic carbocycles. The van der Waals surface area contributed by atoms with Gasteiger partial charge in [0.05, 0.1) is 6.54 Å². The SMILES string of the molecule is Cc1nc(C(C)C)nn1CCN1CCCCC1. The second kappa shape index (κ2) is 5.63. The average Bonchev–Trinajstić information content (AvgIpc) is 2.70. The van der Waals surface area contributed by atoms with Gasteiger partial charge in [0.2, 0.25) is 0 Å². The van der Waals surface area contributed by atoms with Crippen LogP contribution in [0.5, 0.6) is 0 Å². The fourth-order valence-corrected chi connectivity index (χ4v) is 2.32. The van der Waals surface area contributed by atoms with E-state index in [1.54, 1.807) is 0 Å². The first-order valence-electron chi connectivity index (χ1n) is 6.80. The molecular formula is C13H24N4. The summed E-state index contributed by atoms with van der Waals surface area (Å²) in [6, 6.07) is 0. The molecule has 4 heteroatoms. The second-order valence-corrected chi connectivity index (χ2v) is 5.30. The van der Waals surface area contributed by atoms with Gasteiger partial charge in [-0.1, -0.05) is 20.3 Å². The predicted octanol–water partition coefficient (Wildman–Crippen LogP) is 2.20. The molecule has 0 bridgehead atoms. The highest BCUT2D eigenvalue weighted by Crippen LogP contribution is 2.11. The molecule has 1 aliphatic heterocycles. The van der Waals surface area contributed by atoms with Gasteiger partial charge in [0, 0.05) is 12.5 Å². The lowest BCUT2D eigenvalue weighted by molar-refractivity contribution is 0.217. The second-order valence-electron chi connectivity index (χ2n) is 5.30. The van der Waals surface area contributed by atoms with Gasteiger partial charge >= 0.3 is 0 Å². The average molecular weight is 236 g/mol. The van der Waals surface area contributed by atoms with Crippen molar-refractivity contribution in [3.63, 3.8) is 0 Å². The molecule has 0 saturated carbocycles. The third kappa shape index (κ3) is 3.28. The maximum absolute atomic E-state index is 4.57. The molecule has 0 aromatic carbocycles. The zero-order valence-corrected chi connectivity index (χ0v) is 11.3. The van der Waals surface area contributed by atoms with Gasteiger partial charge in [0.15, 0.2) is 5.82 Å². The van der Waals surface area contributed by atoms with E-state index < -0.39 is 0 Å². The summed E-state index contributed by atoms with van der Waals surface area (Å²) in [5, 5.41) is 4.57. The first-order valence-corrected chi connectivity index (χ1v) is 6.80. The Kier molecular flexibility index (Phi) is 4.15. The van der Waals surface area contributed by atoms with E-state index in [9.17, 15) is 0 Å². The smallest absolute Gasteiger partial charge is 0.153 e. The van der Waals surface area contributed by atoms with Gasteiger partial charge in [0.25, 0.3) is 0 Å². The molecule has 1 saturated heterocycles. The monoisotopic (exact) mass is 236 g/mol. The fraction of sp³-hybridized carbons (Fsp3) is 0.846. The van der Waals surface area contributed by atoms with Crippen LogP contribution in [0.4, 0.5) is 0 Å². The summed E-state index contributed by atoms with van der Waals surface area (Å²) in [5.41, 5.74) is 0. The highest BCUT2D eigenvalue weighted by Gasteiger charge is 2.12. The number of aromatic nitrogens is 3. The van der Waals surface area contributed by atoms with Crippen LogP contribution in [-0.2, 0) is 6.54 Å². The molecule has 0 N–H and O–H groups in total. The molecule has 0 unspecified atom stereocenters. The minimum absolute atomic E-state index is 0.421. The van der Waals surface area contributed by atoms with Crippen molar-refractivity contribution >= 4 is 0 Å². The highest BCUT2D eigenvalue weighted by atomic mass is 15.4. The van der Waals surface area contributed by atoms with Crippen molar-refractivity contribution in [3.8, 4) is 0 Å². The van der Waals surface area contributed by atoms with Crippen LogP contribution >= 0.6 is 0 Å². The number of aryl methyl sites for hydroxylation is 1. The van der Waals surface area contributed by atoms with Crippen LogP contribution in [0.15, 0.2) is 0 Å². The maximum Gasteiger partial charge on any atom is 0.153 e. The van der Waals surface area contributed by atoms with Crippen molar-refractivity contribution in [2.45, 2.75) is 52.5 Å². The largest absolute Gasteiger partial charge is 0.301 e. The standard InChI is InChI=1S/C13H24N4/c1-11(2)13-14-12(3)17(15-13)10-9-16-7-5-4-6-8-16/h11H,4-10H2,1-3H3. The van der Waals surface area contributed by atoms with Crippen LogP contribution in [0.25, 0.3) is 0 Å². The highest BCUT2D eigenvalue weighted by molar-refractivity contribution is 4.95. The summed E-state index contributed by atoms with van der Waals surface area (Å²) in [6.07, 6.45) is 4.11. The van der Waals surface area contributed by atoms with Crippen molar-refractivity contribution in [1.82, 2.24) is 19.7 Å². The molecule has 1 aromatic heterocycles. The van der Waals surface area contributed by atoms with Crippen molar-refractivity contribution in [1.29, 1.82) is 0 Å². The normalized spacial score (nSPS) is 17.9. The number of hydrogen-bond acceptors (Lipinski definition) is 3. The van der Waals surface area contributed by atoms with Crippen LogP contribution in [0.1, 0.15) is 50.7 Å². The molecule has 0 amide bonds. The zero-order valence-electron chi connectivity index (χ0n) is 11.3. The number of piperidine rings is 1.